The molecule has 1 aliphatic carbocycles. The molecular weight excluding hydrogens is 496 g/mol. The van der Waals surface area contributed by atoms with Gasteiger partial charge in [-0.1, -0.05) is 111 Å². The second-order valence-electron chi connectivity index (χ2n) is 11.5. The number of nitrogens with one attached hydrogen (secondary N) is 1. The van der Waals surface area contributed by atoms with Crippen LogP contribution in [0, 0.1) is 0 Å². The molecule has 2 nitrogen and oxygen atoms in total. The number of anilines is 2. The molecule has 0 aliphatic heterocycles. The summed E-state index contributed by atoms with van der Waals surface area (Å²) in [6, 6.07) is 50.4. The van der Waals surface area contributed by atoms with Crippen molar-refractivity contribution in [1.82, 2.24) is 4.57 Å². The highest BCUT2D eigenvalue weighted by molar-refractivity contribution is 6.10. The molecule has 0 radical (unpaired) electrons. The Morgan fingerprint density at radius 1 is 0.512 bits per heavy atom. The molecule has 8 rings (SSSR count). The van der Waals surface area contributed by atoms with Gasteiger partial charge in [-0.3, -0.25) is 0 Å². The smallest absolute Gasteiger partial charge is 0.0561 e. The average Bonchev–Trinajstić information content (AvgIpc) is 3.46. The molecule has 0 spiro atoms. The Bertz CT molecular complexity index is 2080. The van der Waals surface area contributed by atoms with Crippen LogP contribution >= 0.6 is 0 Å². The molecule has 41 heavy (non-hydrogen) atoms. The molecule has 1 aromatic heterocycles. The standard InChI is InChI=1S/C39H30N2/c1-39(2)34-19-11-9-17-29(34)33-24-32(26-13-5-3-6-14-26)36(25-35(33)39)40-27-21-22-31-30-18-10-12-20-37(30)41(38(31)23-27)28-15-7-4-8-16-28/h3-25,40H,1-2H3. The molecule has 0 unspecified atom stereocenters. The van der Waals surface area contributed by atoms with E-state index in [2.05, 4.69) is 163 Å². The lowest BCUT2D eigenvalue weighted by atomic mass is 9.82. The highest BCUT2D eigenvalue weighted by atomic mass is 15.0. The number of nitrogens with zero attached hydrogens (tertiary/aromatic N) is 1. The van der Waals surface area contributed by atoms with Crippen LogP contribution in [0.3, 0.4) is 0 Å². The van der Waals surface area contributed by atoms with E-state index in [1.807, 2.05) is 0 Å². The molecule has 2 heteroatoms. The molecule has 1 heterocycles. The molecule has 0 saturated heterocycles. The Balaban J connectivity index is 1.33. The molecule has 1 N–H and O–H groups in total. The van der Waals surface area contributed by atoms with E-state index in [0.29, 0.717) is 0 Å². The number of benzene rings is 6. The SMILES string of the molecule is CC1(C)c2ccccc2-c2cc(-c3ccccc3)c(Nc3ccc4c5ccccc5n(-c5ccccc5)c4c3)cc21. The zero-order chi connectivity index (χ0) is 27.6. The van der Waals surface area contributed by atoms with Crippen LogP contribution in [0.4, 0.5) is 11.4 Å². The van der Waals surface area contributed by atoms with E-state index in [1.165, 1.54) is 55.2 Å². The highest BCUT2D eigenvalue weighted by Gasteiger charge is 2.36. The van der Waals surface area contributed by atoms with Gasteiger partial charge in [0.1, 0.15) is 0 Å². The van der Waals surface area contributed by atoms with Crippen molar-refractivity contribution < 1.29 is 0 Å². The lowest BCUT2D eigenvalue weighted by Crippen LogP contribution is -2.15. The summed E-state index contributed by atoms with van der Waals surface area (Å²) in [5.74, 6) is 0. The molecule has 6 aromatic carbocycles. The first-order chi connectivity index (χ1) is 20.1. The Labute approximate surface area is 240 Å². The first kappa shape index (κ1) is 23.8. The second-order valence-corrected chi connectivity index (χ2v) is 11.5. The van der Waals surface area contributed by atoms with Crippen LogP contribution in [-0.4, -0.2) is 4.57 Å². The molecule has 0 amide bonds. The van der Waals surface area contributed by atoms with Crippen molar-refractivity contribution in [3.63, 3.8) is 0 Å². The first-order valence-corrected chi connectivity index (χ1v) is 14.3. The summed E-state index contributed by atoms with van der Waals surface area (Å²) in [6.45, 7) is 4.68. The van der Waals surface area contributed by atoms with Crippen molar-refractivity contribution in [2.24, 2.45) is 0 Å². The van der Waals surface area contributed by atoms with Gasteiger partial charge in [-0.25, -0.2) is 0 Å². The second kappa shape index (κ2) is 8.97. The minimum atomic E-state index is -0.0682. The highest BCUT2D eigenvalue weighted by Crippen LogP contribution is 2.51. The summed E-state index contributed by atoms with van der Waals surface area (Å²) in [5.41, 5.74) is 13.5. The molecule has 196 valence electrons. The zero-order valence-electron chi connectivity index (χ0n) is 23.2. The number of rotatable bonds is 4. The van der Waals surface area contributed by atoms with Crippen LogP contribution in [0.2, 0.25) is 0 Å². The summed E-state index contributed by atoms with van der Waals surface area (Å²) in [6.07, 6.45) is 0. The number of para-hydroxylation sites is 2. The fourth-order valence-electron chi connectivity index (χ4n) is 6.77. The Morgan fingerprint density at radius 3 is 2.02 bits per heavy atom. The summed E-state index contributed by atoms with van der Waals surface area (Å²) in [5, 5.41) is 6.38. The predicted octanol–water partition coefficient (Wildman–Crippen LogP) is 10.5. The van der Waals surface area contributed by atoms with Gasteiger partial charge in [-0.15, -0.1) is 0 Å². The fraction of sp³-hybridized carbons (Fsp3) is 0.0769. The molecular formula is C39H30N2. The molecule has 0 fully saturated rings. The van der Waals surface area contributed by atoms with E-state index in [4.69, 9.17) is 0 Å². The molecule has 1 aliphatic rings. The van der Waals surface area contributed by atoms with Crippen molar-refractivity contribution in [1.29, 1.82) is 0 Å². The van der Waals surface area contributed by atoms with Crippen LogP contribution in [-0.2, 0) is 5.41 Å². The van der Waals surface area contributed by atoms with Gasteiger partial charge >= 0.3 is 0 Å². The van der Waals surface area contributed by atoms with Crippen LogP contribution in [0.1, 0.15) is 25.0 Å². The van der Waals surface area contributed by atoms with Crippen molar-refractivity contribution in [2.75, 3.05) is 5.32 Å². The van der Waals surface area contributed by atoms with Gasteiger partial charge in [-0.05, 0) is 70.3 Å². The number of hydrogen-bond donors (Lipinski definition) is 1. The topological polar surface area (TPSA) is 17.0 Å². The lowest BCUT2D eigenvalue weighted by Gasteiger charge is -2.23. The largest absolute Gasteiger partial charge is 0.355 e. The van der Waals surface area contributed by atoms with Gasteiger partial charge in [0.05, 0.1) is 11.0 Å². The zero-order valence-corrected chi connectivity index (χ0v) is 23.2. The Hall–Kier alpha value is -5.08. The maximum atomic E-state index is 3.87. The maximum absolute atomic E-state index is 3.87. The summed E-state index contributed by atoms with van der Waals surface area (Å²) < 4.78 is 2.37. The van der Waals surface area contributed by atoms with Gasteiger partial charge in [0, 0.05) is 38.8 Å². The van der Waals surface area contributed by atoms with Crippen LogP contribution in [0.15, 0.2) is 140 Å². The minimum absolute atomic E-state index is 0.0682. The number of fused-ring (bicyclic) bond motifs is 6. The van der Waals surface area contributed by atoms with Crippen molar-refractivity contribution in [3.8, 4) is 27.9 Å². The van der Waals surface area contributed by atoms with Crippen molar-refractivity contribution in [2.45, 2.75) is 19.3 Å². The fourth-order valence-corrected chi connectivity index (χ4v) is 6.77. The molecule has 0 saturated carbocycles. The van der Waals surface area contributed by atoms with Crippen LogP contribution in [0.25, 0.3) is 49.7 Å². The summed E-state index contributed by atoms with van der Waals surface area (Å²) in [4.78, 5) is 0. The minimum Gasteiger partial charge on any atom is -0.355 e. The third-order valence-electron chi connectivity index (χ3n) is 8.77. The van der Waals surface area contributed by atoms with E-state index in [9.17, 15) is 0 Å². The summed E-state index contributed by atoms with van der Waals surface area (Å²) >= 11 is 0. The first-order valence-electron chi connectivity index (χ1n) is 14.3. The van der Waals surface area contributed by atoms with E-state index < -0.39 is 0 Å². The van der Waals surface area contributed by atoms with Gasteiger partial charge in [0.2, 0.25) is 0 Å². The lowest BCUT2D eigenvalue weighted by molar-refractivity contribution is 0.660. The van der Waals surface area contributed by atoms with Crippen LogP contribution < -0.4 is 5.32 Å². The normalized spacial score (nSPS) is 13.3. The van der Waals surface area contributed by atoms with Crippen LogP contribution in [0.5, 0.6) is 0 Å². The quantitative estimate of drug-likeness (QED) is 0.241. The van der Waals surface area contributed by atoms with E-state index in [-0.39, 0.29) is 5.41 Å². The van der Waals surface area contributed by atoms with Gasteiger partial charge in [-0.2, -0.15) is 0 Å². The van der Waals surface area contributed by atoms with Gasteiger partial charge in [0.15, 0.2) is 0 Å². The number of hydrogen-bond acceptors (Lipinski definition) is 1. The molecule has 0 bridgehead atoms. The Morgan fingerprint density at radius 2 is 1.20 bits per heavy atom. The van der Waals surface area contributed by atoms with Crippen molar-refractivity contribution in [3.05, 3.63) is 151 Å². The third kappa shape index (κ3) is 3.64. The van der Waals surface area contributed by atoms with Gasteiger partial charge in [0.25, 0.3) is 0 Å². The van der Waals surface area contributed by atoms with E-state index >= 15 is 0 Å². The molecule has 0 atom stereocenters. The van der Waals surface area contributed by atoms with Crippen molar-refractivity contribution >= 4 is 33.2 Å². The predicted molar refractivity (Wildman–Crippen MR) is 174 cm³/mol. The van der Waals surface area contributed by atoms with E-state index in [0.717, 1.165) is 17.1 Å². The number of aromatic nitrogens is 1. The average molecular weight is 527 g/mol. The molecule has 7 aromatic rings. The van der Waals surface area contributed by atoms with E-state index in [1.54, 1.807) is 0 Å². The summed E-state index contributed by atoms with van der Waals surface area (Å²) in [7, 11) is 0. The Kier molecular flexibility index (Phi) is 5.20. The van der Waals surface area contributed by atoms with Gasteiger partial charge < -0.3 is 9.88 Å². The third-order valence-corrected chi connectivity index (χ3v) is 8.77. The maximum Gasteiger partial charge on any atom is 0.0561 e. The monoisotopic (exact) mass is 526 g/mol.